The third kappa shape index (κ3) is 3.76. The van der Waals surface area contributed by atoms with E-state index in [9.17, 15) is 0 Å². The van der Waals surface area contributed by atoms with Gasteiger partial charge in [0.15, 0.2) is 0 Å². The molecule has 0 bridgehead atoms. The van der Waals surface area contributed by atoms with E-state index in [0.29, 0.717) is 17.9 Å². The highest BCUT2D eigenvalue weighted by molar-refractivity contribution is 5.32. The third-order valence-corrected chi connectivity index (χ3v) is 4.10. The molecule has 3 rings (SSSR count). The minimum atomic E-state index is 0.186. The van der Waals surface area contributed by atoms with Crippen LogP contribution in [-0.4, -0.2) is 56.9 Å². The Morgan fingerprint density at radius 2 is 2.17 bits per heavy atom. The molecule has 0 radical (unpaired) electrons. The Morgan fingerprint density at radius 1 is 1.35 bits per heavy atom. The van der Waals surface area contributed by atoms with Crippen molar-refractivity contribution in [1.82, 2.24) is 25.0 Å². The van der Waals surface area contributed by atoms with Crippen molar-refractivity contribution in [1.29, 1.82) is 0 Å². The molecule has 8 heteroatoms. The van der Waals surface area contributed by atoms with Crippen molar-refractivity contribution in [3.8, 4) is 5.88 Å². The molecule has 1 saturated heterocycles. The molecular weight excluding hydrogens is 296 g/mol. The molecule has 0 amide bonds. The van der Waals surface area contributed by atoms with Crippen LogP contribution in [0.3, 0.4) is 0 Å². The molecule has 0 atom stereocenters. The number of hydrogen-bond acceptors (Lipinski definition) is 7. The van der Waals surface area contributed by atoms with Crippen LogP contribution in [0.4, 0.5) is 5.95 Å². The molecule has 2 aromatic rings. The average molecular weight is 318 g/mol. The van der Waals surface area contributed by atoms with Gasteiger partial charge in [0.1, 0.15) is 0 Å². The summed E-state index contributed by atoms with van der Waals surface area (Å²) < 4.78 is 7.11. The predicted octanol–water partition coefficient (Wildman–Crippen LogP) is 0.843. The van der Waals surface area contributed by atoms with E-state index in [0.717, 1.165) is 44.5 Å². The highest BCUT2D eigenvalue weighted by Gasteiger charge is 2.23. The van der Waals surface area contributed by atoms with Crippen LogP contribution in [0.2, 0.25) is 0 Å². The van der Waals surface area contributed by atoms with Crippen molar-refractivity contribution in [2.75, 3.05) is 31.7 Å². The lowest BCUT2D eigenvalue weighted by molar-refractivity contribution is 0.288. The van der Waals surface area contributed by atoms with E-state index in [-0.39, 0.29) is 6.61 Å². The fourth-order valence-corrected chi connectivity index (χ4v) is 2.80. The van der Waals surface area contributed by atoms with Crippen molar-refractivity contribution in [3.63, 3.8) is 0 Å². The number of nitrogens with zero attached hydrogens (tertiary/aromatic N) is 6. The third-order valence-electron chi connectivity index (χ3n) is 4.10. The number of ether oxygens (including phenoxy) is 1. The van der Waals surface area contributed by atoms with E-state index in [1.807, 2.05) is 10.9 Å². The molecule has 0 unspecified atom stereocenters. The molecule has 124 valence electrons. The monoisotopic (exact) mass is 318 g/mol. The van der Waals surface area contributed by atoms with Gasteiger partial charge < -0.3 is 14.7 Å². The van der Waals surface area contributed by atoms with Crippen LogP contribution >= 0.6 is 0 Å². The molecule has 1 aliphatic rings. The quantitative estimate of drug-likeness (QED) is 0.844. The summed E-state index contributed by atoms with van der Waals surface area (Å²) >= 11 is 0. The highest BCUT2D eigenvalue weighted by atomic mass is 16.5. The molecular formula is C15H22N6O2. The van der Waals surface area contributed by atoms with E-state index in [4.69, 9.17) is 9.84 Å². The molecule has 1 aliphatic heterocycles. The highest BCUT2D eigenvalue weighted by Crippen LogP contribution is 2.24. The van der Waals surface area contributed by atoms with Crippen LogP contribution in [0.15, 0.2) is 18.5 Å². The Balaban J connectivity index is 1.58. The summed E-state index contributed by atoms with van der Waals surface area (Å²) in [6.45, 7) is 1.94. The number of aromatic nitrogens is 5. The van der Waals surface area contributed by atoms with Gasteiger partial charge in [-0.3, -0.25) is 0 Å². The lowest BCUT2D eigenvalue weighted by atomic mass is 10.1. The molecule has 1 fully saturated rings. The van der Waals surface area contributed by atoms with Gasteiger partial charge in [-0.15, -0.1) is 5.10 Å². The van der Waals surface area contributed by atoms with Crippen molar-refractivity contribution in [2.45, 2.75) is 31.7 Å². The van der Waals surface area contributed by atoms with Crippen LogP contribution in [0.1, 0.15) is 31.0 Å². The Kier molecular flexibility index (Phi) is 5.02. The van der Waals surface area contributed by atoms with Crippen LogP contribution in [0.25, 0.3) is 0 Å². The predicted molar refractivity (Wildman–Crippen MR) is 84.5 cm³/mol. The van der Waals surface area contributed by atoms with E-state index >= 15 is 0 Å². The molecule has 0 spiro atoms. The molecule has 23 heavy (non-hydrogen) atoms. The van der Waals surface area contributed by atoms with Crippen molar-refractivity contribution in [2.24, 2.45) is 0 Å². The van der Waals surface area contributed by atoms with Gasteiger partial charge in [-0.25, -0.2) is 9.67 Å². The first-order chi connectivity index (χ1) is 11.3. The topological polar surface area (TPSA) is 89.2 Å². The van der Waals surface area contributed by atoms with Crippen molar-refractivity contribution < 1.29 is 9.84 Å². The number of aliphatic hydroxyl groups is 1. The zero-order valence-corrected chi connectivity index (χ0v) is 13.3. The minimum absolute atomic E-state index is 0.186. The second-order valence-electron chi connectivity index (χ2n) is 5.63. The zero-order chi connectivity index (χ0) is 16.1. The lowest BCUT2D eigenvalue weighted by Gasteiger charge is -2.31. The zero-order valence-electron chi connectivity index (χ0n) is 13.3. The van der Waals surface area contributed by atoms with Gasteiger partial charge in [0.05, 0.1) is 18.8 Å². The van der Waals surface area contributed by atoms with Gasteiger partial charge in [-0.2, -0.15) is 4.98 Å². The summed E-state index contributed by atoms with van der Waals surface area (Å²) in [6, 6.07) is 2.10. The first-order valence-electron chi connectivity index (χ1n) is 7.93. The van der Waals surface area contributed by atoms with E-state index in [2.05, 4.69) is 25.2 Å². The fourth-order valence-electron chi connectivity index (χ4n) is 2.80. The van der Waals surface area contributed by atoms with Gasteiger partial charge in [0.2, 0.25) is 11.8 Å². The standard InChI is InChI=1S/C15H22N6O2/c1-23-14-4-7-16-15(17-14)20-8-5-13(6-9-20)21-11-12(18-19-21)3-2-10-22/h4,7,11,13,22H,2-3,5-6,8-10H2,1H3. The number of methoxy groups -OCH3 is 1. The molecule has 2 aromatic heterocycles. The van der Waals surface area contributed by atoms with E-state index < -0.39 is 0 Å². The summed E-state index contributed by atoms with van der Waals surface area (Å²) in [6.07, 6.45) is 7.17. The number of piperidine rings is 1. The average Bonchev–Trinajstić information content (AvgIpc) is 3.09. The number of aryl methyl sites for hydroxylation is 1. The van der Waals surface area contributed by atoms with Crippen LogP contribution in [0, 0.1) is 0 Å². The van der Waals surface area contributed by atoms with E-state index in [1.54, 1.807) is 19.4 Å². The van der Waals surface area contributed by atoms with Gasteiger partial charge in [0.25, 0.3) is 0 Å². The smallest absolute Gasteiger partial charge is 0.228 e. The van der Waals surface area contributed by atoms with Crippen molar-refractivity contribution in [3.05, 3.63) is 24.2 Å². The summed E-state index contributed by atoms with van der Waals surface area (Å²) in [7, 11) is 1.61. The SMILES string of the molecule is COc1ccnc(N2CCC(n3cc(CCCO)nn3)CC2)n1. The summed E-state index contributed by atoms with van der Waals surface area (Å²) in [5.74, 6) is 1.30. The Bertz CT molecular complexity index is 624. The van der Waals surface area contributed by atoms with Crippen LogP contribution in [-0.2, 0) is 6.42 Å². The molecule has 0 saturated carbocycles. The summed E-state index contributed by atoms with van der Waals surface area (Å²) in [5, 5.41) is 17.3. The minimum Gasteiger partial charge on any atom is -0.481 e. The Labute approximate surface area is 135 Å². The second-order valence-corrected chi connectivity index (χ2v) is 5.63. The number of rotatable bonds is 6. The normalized spacial score (nSPS) is 15.8. The van der Waals surface area contributed by atoms with Gasteiger partial charge in [-0.1, -0.05) is 5.21 Å². The Hall–Kier alpha value is -2.22. The molecule has 0 aliphatic carbocycles. The summed E-state index contributed by atoms with van der Waals surface area (Å²) in [4.78, 5) is 10.9. The van der Waals surface area contributed by atoms with E-state index in [1.165, 1.54) is 0 Å². The van der Waals surface area contributed by atoms with Gasteiger partial charge >= 0.3 is 0 Å². The number of hydrogen-bond donors (Lipinski definition) is 1. The first-order valence-corrected chi connectivity index (χ1v) is 7.93. The number of anilines is 1. The van der Waals surface area contributed by atoms with Gasteiger partial charge in [-0.05, 0) is 25.7 Å². The van der Waals surface area contributed by atoms with Crippen LogP contribution in [0.5, 0.6) is 5.88 Å². The first kappa shape index (κ1) is 15.7. The number of aliphatic hydroxyl groups excluding tert-OH is 1. The molecule has 1 N–H and O–H groups in total. The second kappa shape index (κ2) is 7.36. The molecule has 3 heterocycles. The largest absolute Gasteiger partial charge is 0.481 e. The maximum Gasteiger partial charge on any atom is 0.228 e. The maximum atomic E-state index is 8.88. The van der Waals surface area contributed by atoms with Crippen LogP contribution < -0.4 is 9.64 Å². The Morgan fingerprint density at radius 3 is 2.91 bits per heavy atom. The van der Waals surface area contributed by atoms with Gasteiger partial charge in [0, 0.05) is 38.2 Å². The maximum absolute atomic E-state index is 8.88. The van der Waals surface area contributed by atoms with Crippen molar-refractivity contribution >= 4 is 5.95 Å². The summed E-state index contributed by atoms with van der Waals surface area (Å²) in [5.41, 5.74) is 0.942. The molecule has 8 nitrogen and oxygen atoms in total. The fraction of sp³-hybridized carbons (Fsp3) is 0.600. The molecule has 0 aromatic carbocycles. The lowest BCUT2D eigenvalue weighted by Crippen LogP contribution is -2.35.